The van der Waals surface area contributed by atoms with Gasteiger partial charge in [0, 0.05) is 25.2 Å². The van der Waals surface area contributed by atoms with Crippen molar-refractivity contribution in [1.82, 2.24) is 4.90 Å². The van der Waals surface area contributed by atoms with Gasteiger partial charge in [0.05, 0.1) is 12.1 Å². The number of halogens is 3. The van der Waals surface area contributed by atoms with Crippen LogP contribution in [-0.4, -0.2) is 36.9 Å². The number of methoxy groups -OCH3 is 1. The summed E-state index contributed by atoms with van der Waals surface area (Å²) < 4.78 is 32.9. The summed E-state index contributed by atoms with van der Waals surface area (Å²) in [6.45, 7) is 0.813. The van der Waals surface area contributed by atoms with Crippen molar-refractivity contribution in [2.45, 2.75) is 25.7 Å². The van der Waals surface area contributed by atoms with E-state index in [-0.39, 0.29) is 18.2 Å². The molecule has 8 heteroatoms. The zero-order valence-corrected chi connectivity index (χ0v) is 17.3. The van der Waals surface area contributed by atoms with Crippen molar-refractivity contribution in [3.8, 4) is 5.75 Å². The Hall–Kier alpha value is -2.67. The molecule has 5 nitrogen and oxygen atoms in total. The van der Waals surface area contributed by atoms with Gasteiger partial charge in [0.25, 0.3) is 5.91 Å². The molecule has 3 rings (SSSR count). The summed E-state index contributed by atoms with van der Waals surface area (Å²) in [7, 11) is 1.51. The van der Waals surface area contributed by atoms with Crippen LogP contribution in [0.5, 0.6) is 5.75 Å². The Balaban J connectivity index is 1.54. The van der Waals surface area contributed by atoms with Gasteiger partial charge in [0.15, 0.2) is 0 Å². The number of carbonyl (C=O) groups is 2. The van der Waals surface area contributed by atoms with Gasteiger partial charge in [-0.2, -0.15) is 0 Å². The minimum atomic E-state index is -0.861. The third kappa shape index (κ3) is 5.27. The second-order valence-corrected chi connectivity index (χ2v) is 7.70. The summed E-state index contributed by atoms with van der Waals surface area (Å²) in [5.74, 6) is -1.93. The highest BCUT2D eigenvalue weighted by Crippen LogP contribution is 2.28. The third-order valence-corrected chi connectivity index (χ3v) is 5.49. The molecule has 1 fully saturated rings. The van der Waals surface area contributed by atoms with E-state index in [9.17, 15) is 18.4 Å². The van der Waals surface area contributed by atoms with E-state index in [2.05, 4.69) is 5.32 Å². The first-order chi connectivity index (χ1) is 14.4. The summed E-state index contributed by atoms with van der Waals surface area (Å²) in [6.07, 6.45) is 2.41. The zero-order valence-electron chi connectivity index (χ0n) is 16.6. The fourth-order valence-corrected chi connectivity index (χ4v) is 3.91. The molecule has 160 valence electrons. The Labute approximate surface area is 179 Å². The Morgan fingerprint density at radius 1 is 1.23 bits per heavy atom. The quantitative estimate of drug-likeness (QED) is 0.700. The number of likely N-dealkylation sites (tertiary alicyclic amines) is 1. The van der Waals surface area contributed by atoms with Crippen LogP contribution in [0.4, 0.5) is 14.5 Å². The van der Waals surface area contributed by atoms with Crippen LogP contribution in [0.2, 0.25) is 5.02 Å². The highest BCUT2D eigenvalue weighted by molar-refractivity contribution is 6.32. The predicted molar refractivity (Wildman–Crippen MR) is 111 cm³/mol. The van der Waals surface area contributed by atoms with Crippen LogP contribution in [0.3, 0.4) is 0 Å². The maximum Gasteiger partial charge on any atom is 0.259 e. The van der Waals surface area contributed by atoms with Crippen molar-refractivity contribution in [2.24, 2.45) is 5.92 Å². The van der Waals surface area contributed by atoms with Crippen molar-refractivity contribution in [1.29, 1.82) is 0 Å². The van der Waals surface area contributed by atoms with Gasteiger partial charge in [-0.1, -0.05) is 17.7 Å². The molecule has 0 spiro atoms. The largest absolute Gasteiger partial charge is 0.495 e. The Bertz CT molecular complexity index is 918. The molecule has 2 aromatic carbocycles. The van der Waals surface area contributed by atoms with Crippen molar-refractivity contribution < 1.29 is 23.1 Å². The molecule has 1 aliphatic heterocycles. The van der Waals surface area contributed by atoms with Crippen molar-refractivity contribution in [3.63, 3.8) is 0 Å². The van der Waals surface area contributed by atoms with E-state index in [1.54, 1.807) is 18.2 Å². The molecule has 30 heavy (non-hydrogen) atoms. The van der Waals surface area contributed by atoms with E-state index in [0.717, 1.165) is 25.0 Å². The first-order valence-electron chi connectivity index (χ1n) is 9.75. The molecule has 1 aliphatic rings. The Morgan fingerprint density at radius 2 is 1.97 bits per heavy atom. The second-order valence-electron chi connectivity index (χ2n) is 7.29. The number of carbonyl (C=O) groups excluding carboxylic acids is 2. The van der Waals surface area contributed by atoms with Crippen LogP contribution in [-0.2, 0) is 4.79 Å². The first kappa shape index (κ1) is 22.0. The summed E-state index contributed by atoms with van der Waals surface area (Å²) >= 11 is 6.06. The summed E-state index contributed by atoms with van der Waals surface area (Å²) in [4.78, 5) is 26.3. The molecule has 1 atom stereocenters. The maximum absolute atomic E-state index is 13.9. The monoisotopic (exact) mass is 436 g/mol. The lowest BCUT2D eigenvalue weighted by Crippen LogP contribution is -2.40. The SMILES string of the molecule is COc1ccc(NC(=O)CCC2CCCN(C(=O)c3c(F)cccc3F)C2)cc1Cl. The summed E-state index contributed by atoms with van der Waals surface area (Å²) in [6, 6.07) is 8.37. The van der Waals surface area contributed by atoms with Crippen molar-refractivity contribution in [3.05, 3.63) is 58.6 Å². The van der Waals surface area contributed by atoms with Crippen molar-refractivity contribution in [2.75, 3.05) is 25.5 Å². The van der Waals surface area contributed by atoms with Crippen LogP contribution >= 0.6 is 11.6 Å². The zero-order chi connectivity index (χ0) is 21.7. The van der Waals surface area contributed by atoms with Crippen molar-refractivity contribution >= 4 is 29.1 Å². The number of nitrogens with zero attached hydrogens (tertiary/aromatic N) is 1. The average molecular weight is 437 g/mol. The highest BCUT2D eigenvalue weighted by Gasteiger charge is 2.28. The molecular weight excluding hydrogens is 414 g/mol. The van der Waals surface area contributed by atoms with Gasteiger partial charge in [-0.15, -0.1) is 0 Å². The molecule has 1 unspecified atom stereocenters. The molecule has 0 radical (unpaired) electrons. The van der Waals surface area contributed by atoms with Crippen LogP contribution in [0.15, 0.2) is 36.4 Å². The van der Waals surface area contributed by atoms with E-state index in [1.807, 2.05) is 0 Å². The molecule has 1 saturated heterocycles. The molecule has 0 bridgehead atoms. The lowest BCUT2D eigenvalue weighted by molar-refractivity contribution is -0.116. The van der Waals surface area contributed by atoms with Gasteiger partial charge >= 0.3 is 0 Å². The molecule has 0 aliphatic carbocycles. The molecule has 1 N–H and O–H groups in total. The summed E-state index contributed by atoms with van der Waals surface area (Å²) in [5, 5.41) is 3.19. The minimum absolute atomic E-state index is 0.0859. The normalized spacial score (nSPS) is 16.3. The Morgan fingerprint density at radius 3 is 2.63 bits per heavy atom. The van der Waals surface area contributed by atoms with Crippen LogP contribution < -0.4 is 10.1 Å². The number of rotatable bonds is 6. The standard InChI is InChI=1S/C22H23ClF2N2O3/c1-30-19-9-8-15(12-16(19)23)26-20(28)10-7-14-4-3-11-27(13-14)22(29)21-17(24)5-2-6-18(21)25/h2,5-6,8-9,12,14H,3-4,7,10-11,13H2,1H3,(H,26,28). The number of amides is 2. The third-order valence-electron chi connectivity index (χ3n) is 5.20. The van der Waals surface area contributed by atoms with E-state index in [1.165, 1.54) is 18.1 Å². The van der Waals surface area contributed by atoms with E-state index in [4.69, 9.17) is 16.3 Å². The van der Waals surface area contributed by atoms with Gasteiger partial charge in [0.2, 0.25) is 5.91 Å². The number of nitrogens with one attached hydrogen (secondary N) is 1. The Kier molecular flexibility index (Phi) is 7.26. The molecule has 2 amide bonds. The van der Waals surface area contributed by atoms with Gasteiger partial charge in [0.1, 0.15) is 22.9 Å². The van der Waals surface area contributed by atoms with E-state index < -0.39 is 23.1 Å². The molecule has 0 aromatic heterocycles. The van der Waals surface area contributed by atoms with Gasteiger partial charge in [-0.3, -0.25) is 9.59 Å². The van der Waals surface area contributed by atoms with Crippen LogP contribution in [0.1, 0.15) is 36.0 Å². The number of ether oxygens (including phenoxy) is 1. The number of hydrogen-bond donors (Lipinski definition) is 1. The van der Waals surface area contributed by atoms with Crippen LogP contribution in [0, 0.1) is 17.6 Å². The smallest absolute Gasteiger partial charge is 0.259 e. The highest BCUT2D eigenvalue weighted by atomic mass is 35.5. The van der Waals surface area contributed by atoms with E-state index in [0.29, 0.717) is 36.0 Å². The lowest BCUT2D eigenvalue weighted by Gasteiger charge is -2.33. The number of piperidine rings is 1. The number of hydrogen-bond acceptors (Lipinski definition) is 3. The summed E-state index contributed by atoms with van der Waals surface area (Å²) in [5.41, 5.74) is 0.0496. The maximum atomic E-state index is 13.9. The number of benzene rings is 2. The molecule has 0 saturated carbocycles. The fraction of sp³-hybridized carbons (Fsp3) is 0.364. The fourth-order valence-electron chi connectivity index (χ4n) is 3.65. The molecule has 2 aromatic rings. The molecular formula is C22H23ClF2N2O3. The number of anilines is 1. The lowest BCUT2D eigenvalue weighted by atomic mass is 9.92. The first-order valence-corrected chi connectivity index (χ1v) is 10.1. The van der Waals surface area contributed by atoms with Gasteiger partial charge in [-0.05, 0) is 55.5 Å². The van der Waals surface area contributed by atoms with Gasteiger partial charge in [-0.25, -0.2) is 8.78 Å². The topological polar surface area (TPSA) is 58.6 Å². The van der Waals surface area contributed by atoms with Gasteiger partial charge < -0.3 is 15.0 Å². The second kappa shape index (κ2) is 9.89. The van der Waals surface area contributed by atoms with Crippen LogP contribution in [0.25, 0.3) is 0 Å². The average Bonchev–Trinajstić information content (AvgIpc) is 2.72. The van der Waals surface area contributed by atoms with E-state index >= 15 is 0 Å². The molecule has 1 heterocycles. The predicted octanol–water partition coefficient (Wildman–Crippen LogP) is 4.90. The minimum Gasteiger partial charge on any atom is -0.495 e.